The molecule has 1 atom stereocenters. The average Bonchev–Trinajstić information content (AvgIpc) is 3.05. The molecule has 1 unspecified atom stereocenters. The van der Waals surface area contributed by atoms with Crippen LogP contribution in [0.5, 0.6) is 5.75 Å². The number of aliphatic hydroxyl groups is 1. The highest BCUT2D eigenvalue weighted by Gasteiger charge is 2.46. The molecule has 7 heteroatoms. The lowest BCUT2D eigenvalue weighted by molar-refractivity contribution is -0.132. The van der Waals surface area contributed by atoms with Gasteiger partial charge in [-0.2, -0.15) is 0 Å². The predicted octanol–water partition coefficient (Wildman–Crippen LogP) is 5.63. The minimum atomic E-state index is -0.832. The largest absolute Gasteiger partial charge is 0.507 e. The van der Waals surface area contributed by atoms with Gasteiger partial charge < -0.3 is 9.84 Å². The normalized spacial score (nSPS) is 17.8. The van der Waals surface area contributed by atoms with E-state index < -0.39 is 17.7 Å². The average molecular weight is 454 g/mol. The van der Waals surface area contributed by atoms with Crippen molar-refractivity contribution in [3.05, 3.63) is 99.5 Å². The maximum absolute atomic E-state index is 13.1. The molecule has 4 rings (SSSR count). The molecule has 1 fully saturated rings. The van der Waals surface area contributed by atoms with Gasteiger partial charge in [0, 0.05) is 21.3 Å². The molecule has 3 aromatic rings. The molecular formula is C24H17Cl2NO4. The minimum absolute atomic E-state index is 0.00883. The van der Waals surface area contributed by atoms with Gasteiger partial charge in [0.2, 0.25) is 0 Å². The van der Waals surface area contributed by atoms with Crippen LogP contribution in [0.4, 0.5) is 5.69 Å². The zero-order valence-electron chi connectivity index (χ0n) is 16.4. The van der Waals surface area contributed by atoms with Crippen LogP contribution in [-0.4, -0.2) is 23.9 Å². The van der Waals surface area contributed by atoms with Gasteiger partial charge in [-0.15, -0.1) is 0 Å². The lowest BCUT2D eigenvalue weighted by Crippen LogP contribution is -2.29. The molecule has 0 saturated carbocycles. The van der Waals surface area contributed by atoms with Gasteiger partial charge in [0.25, 0.3) is 11.7 Å². The van der Waals surface area contributed by atoms with Crippen molar-refractivity contribution in [1.29, 1.82) is 0 Å². The van der Waals surface area contributed by atoms with E-state index in [0.29, 0.717) is 32.6 Å². The zero-order chi connectivity index (χ0) is 22.1. The molecule has 0 aliphatic carbocycles. The number of rotatable bonds is 4. The smallest absolute Gasteiger partial charge is 0.300 e. The summed E-state index contributed by atoms with van der Waals surface area (Å²) in [7, 11) is 1.54. The number of nitrogens with zero attached hydrogens (tertiary/aromatic N) is 1. The topological polar surface area (TPSA) is 66.8 Å². The Labute approximate surface area is 189 Å². The van der Waals surface area contributed by atoms with Crippen molar-refractivity contribution in [2.45, 2.75) is 6.04 Å². The van der Waals surface area contributed by atoms with Crippen LogP contribution < -0.4 is 9.64 Å². The summed E-state index contributed by atoms with van der Waals surface area (Å²) in [6, 6.07) is 19.1. The van der Waals surface area contributed by atoms with E-state index in [4.69, 9.17) is 27.9 Å². The molecule has 0 radical (unpaired) electrons. The van der Waals surface area contributed by atoms with E-state index in [1.165, 1.54) is 4.90 Å². The fourth-order valence-corrected chi connectivity index (χ4v) is 3.82. The highest BCUT2D eigenvalue weighted by Crippen LogP contribution is 2.42. The molecule has 1 saturated heterocycles. The maximum Gasteiger partial charge on any atom is 0.300 e. The van der Waals surface area contributed by atoms with E-state index in [0.717, 1.165) is 0 Å². The SMILES string of the molecule is COc1ccc(N2C(=O)C(=O)/C(=C(/O)c3ccc(Cl)cc3)C2c2ccc(Cl)cc2)cc1. The van der Waals surface area contributed by atoms with E-state index in [1.54, 1.807) is 79.9 Å². The summed E-state index contributed by atoms with van der Waals surface area (Å²) in [5.41, 5.74) is 1.51. The number of methoxy groups -OCH3 is 1. The summed E-state index contributed by atoms with van der Waals surface area (Å²) in [4.78, 5) is 27.5. The van der Waals surface area contributed by atoms with Crippen molar-refractivity contribution in [1.82, 2.24) is 0 Å². The summed E-state index contributed by atoms with van der Waals surface area (Å²) in [6.45, 7) is 0. The third kappa shape index (κ3) is 3.90. The second kappa shape index (κ2) is 8.46. The Morgan fingerprint density at radius 2 is 1.42 bits per heavy atom. The van der Waals surface area contributed by atoms with Crippen molar-refractivity contribution >= 4 is 46.3 Å². The number of carbonyl (C=O) groups is 2. The van der Waals surface area contributed by atoms with Gasteiger partial charge in [0.05, 0.1) is 18.7 Å². The van der Waals surface area contributed by atoms with E-state index in [2.05, 4.69) is 0 Å². The van der Waals surface area contributed by atoms with Crippen LogP contribution in [0.15, 0.2) is 78.4 Å². The quantitative estimate of drug-likeness (QED) is 0.315. The van der Waals surface area contributed by atoms with E-state index >= 15 is 0 Å². The van der Waals surface area contributed by atoms with Crippen molar-refractivity contribution in [2.75, 3.05) is 12.0 Å². The molecule has 5 nitrogen and oxygen atoms in total. The van der Waals surface area contributed by atoms with Gasteiger partial charge in [0.15, 0.2) is 0 Å². The highest BCUT2D eigenvalue weighted by molar-refractivity contribution is 6.51. The Morgan fingerprint density at radius 3 is 1.97 bits per heavy atom. The van der Waals surface area contributed by atoms with Gasteiger partial charge >= 0.3 is 0 Å². The summed E-state index contributed by atoms with van der Waals surface area (Å²) in [5.74, 6) is -1.17. The second-order valence-corrected chi connectivity index (χ2v) is 7.80. The van der Waals surface area contributed by atoms with Crippen LogP contribution in [0.1, 0.15) is 17.2 Å². The highest BCUT2D eigenvalue weighted by atomic mass is 35.5. The van der Waals surface area contributed by atoms with Gasteiger partial charge in [0.1, 0.15) is 11.5 Å². The molecule has 1 aliphatic rings. The minimum Gasteiger partial charge on any atom is -0.507 e. The maximum atomic E-state index is 13.1. The fraction of sp³-hybridized carbons (Fsp3) is 0.0833. The number of anilines is 1. The van der Waals surface area contributed by atoms with Gasteiger partial charge in [-0.05, 0) is 66.2 Å². The van der Waals surface area contributed by atoms with Gasteiger partial charge in [-0.25, -0.2) is 0 Å². The molecule has 156 valence electrons. The predicted molar refractivity (Wildman–Crippen MR) is 121 cm³/mol. The molecule has 0 spiro atoms. The number of carbonyl (C=O) groups excluding carboxylic acids is 2. The van der Waals surface area contributed by atoms with Crippen LogP contribution in [0.3, 0.4) is 0 Å². The Hall–Kier alpha value is -3.28. The Balaban J connectivity index is 1.91. The number of aliphatic hydroxyl groups excluding tert-OH is 1. The monoisotopic (exact) mass is 453 g/mol. The number of halogens is 2. The first-order valence-corrected chi connectivity index (χ1v) is 10.1. The molecule has 0 aromatic heterocycles. The van der Waals surface area contributed by atoms with Crippen molar-refractivity contribution in [3.8, 4) is 5.75 Å². The van der Waals surface area contributed by atoms with Crippen molar-refractivity contribution in [2.24, 2.45) is 0 Å². The number of amides is 1. The number of ether oxygens (including phenoxy) is 1. The number of hydrogen-bond donors (Lipinski definition) is 1. The Bertz CT molecular complexity index is 1170. The molecular weight excluding hydrogens is 437 g/mol. The van der Waals surface area contributed by atoms with Crippen LogP contribution in [0, 0.1) is 0 Å². The zero-order valence-corrected chi connectivity index (χ0v) is 17.9. The van der Waals surface area contributed by atoms with Crippen molar-refractivity contribution < 1.29 is 19.4 Å². The molecule has 1 amide bonds. The van der Waals surface area contributed by atoms with E-state index in [-0.39, 0.29) is 11.3 Å². The standard InChI is InChI=1S/C24H17Cl2NO4/c1-31-19-12-10-18(11-13-19)27-21(14-2-6-16(25)7-3-14)20(23(29)24(27)30)22(28)15-4-8-17(26)9-5-15/h2-13,21,28H,1H3/b22-20+. The van der Waals surface area contributed by atoms with Crippen molar-refractivity contribution in [3.63, 3.8) is 0 Å². The molecule has 0 bridgehead atoms. The third-order valence-corrected chi connectivity index (χ3v) is 5.60. The van der Waals surface area contributed by atoms with Crippen LogP contribution >= 0.6 is 23.2 Å². The van der Waals surface area contributed by atoms with Crippen LogP contribution in [0.25, 0.3) is 5.76 Å². The first-order chi connectivity index (χ1) is 14.9. The molecule has 1 heterocycles. The van der Waals surface area contributed by atoms with Crippen LogP contribution in [0.2, 0.25) is 10.0 Å². The number of Topliss-reactive ketones (excluding diaryl/α,β-unsaturated/α-hetero) is 1. The summed E-state index contributed by atoms with van der Waals surface area (Å²) in [6.07, 6.45) is 0. The molecule has 31 heavy (non-hydrogen) atoms. The second-order valence-electron chi connectivity index (χ2n) is 6.93. The lowest BCUT2D eigenvalue weighted by atomic mass is 9.95. The Kier molecular flexibility index (Phi) is 5.72. The number of hydrogen-bond acceptors (Lipinski definition) is 4. The first-order valence-electron chi connectivity index (χ1n) is 9.37. The lowest BCUT2D eigenvalue weighted by Gasteiger charge is -2.25. The molecule has 1 N–H and O–H groups in total. The van der Waals surface area contributed by atoms with E-state index in [1.807, 2.05) is 0 Å². The van der Waals surface area contributed by atoms with Gasteiger partial charge in [-0.3, -0.25) is 14.5 Å². The van der Waals surface area contributed by atoms with Crippen LogP contribution in [-0.2, 0) is 9.59 Å². The fourth-order valence-electron chi connectivity index (χ4n) is 3.57. The first kappa shape index (κ1) is 21.0. The summed E-state index contributed by atoms with van der Waals surface area (Å²) in [5, 5.41) is 12.0. The Morgan fingerprint density at radius 1 is 0.871 bits per heavy atom. The summed E-state index contributed by atoms with van der Waals surface area (Å²) < 4.78 is 5.19. The van der Waals surface area contributed by atoms with Gasteiger partial charge in [-0.1, -0.05) is 35.3 Å². The number of ketones is 1. The summed E-state index contributed by atoms with van der Waals surface area (Å²) >= 11 is 12.0. The molecule has 1 aliphatic heterocycles. The van der Waals surface area contributed by atoms with E-state index in [9.17, 15) is 14.7 Å². The number of benzene rings is 3. The molecule has 3 aromatic carbocycles. The third-order valence-electron chi connectivity index (χ3n) is 5.10.